The fraction of sp³-hybridized carbons (Fsp3) is 0.955. The van der Waals surface area contributed by atoms with E-state index in [1.54, 1.807) is 0 Å². The van der Waals surface area contributed by atoms with E-state index >= 15 is 0 Å². The van der Waals surface area contributed by atoms with Crippen LogP contribution >= 0.6 is 11.6 Å². The third-order valence-corrected chi connectivity index (χ3v) is 8.23. The fourth-order valence-electron chi connectivity index (χ4n) is 6.10. The predicted octanol–water partition coefficient (Wildman–Crippen LogP) is 3.21. The molecule has 6 heteroatoms. The number of carbonyl (C=O) groups excluding carboxylic acids is 1. The van der Waals surface area contributed by atoms with Gasteiger partial charge >= 0.3 is 5.97 Å². The topological polar surface area (TPSA) is 44.8 Å². The van der Waals surface area contributed by atoms with E-state index in [9.17, 15) is 4.79 Å². The van der Waals surface area contributed by atoms with Gasteiger partial charge in [-0.3, -0.25) is 19.9 Å². The number of halogens is 1. The summed E-state index contributed by atoms with van der Waals surface area (Å²) in [4.78, 5) is 17.6. The van der Waals surface area contributed by atoms with Crippen molar-refractivity contribution in [3.05, 3.63) is 0 Å². The number of likely N-dealkylation sites (tertiary alicyclic amines) is 1. The number of nitrogens with one attached hydrogen (secondary N) is 1. The highest BCUT2D eigenvalue weighted by Gasteiger charge is 2.45. The number of methoxy groups -OCH3 is 1. The number of fused-ring (bicyclic) bond motifs is 1. The quantitative estimate of drug-likeness (QED) is 0.556. The molecular formula is C22H38ClN3O2. The van der Waals surface area contributed by atoms with Crippen LogP contribution in [-0.2, 0) is 9.53 Å². The summed E-state index contributed by atoms with van der Waals surface area (Å²) >= 11 is 6.30. The number of carbonyl (C=O) groups is 1. The molecule has 0 amide bonds. The fourth-order valence-corrected chi connectivity index (χ4v) is 6.35. The zero-order chi connectivity index (χ0) is 19.5. The Kier molecular flexibility index (Phi) is 7.19. The number of rotatable bonds is 5. The average molecular weight is 412 g/mol. The molecule has 2 aliphatic heterocycles. The van der Waals surface area contributed by atoms with Gasteiger partial charge in [-0.15, -0.1) is 11.6 Å². The first-order valence-corrected chi connectivity index (χ1v) is 12.0. The molecule has 1 N–H and O–H groups in total. The van der Waals surface area contributed by atoms with Gasteiger partial charge in [-0.05, 0) is 56.8 Å². The van der Waals surface area contributed by atoms with Crippen LogP contribution in [0.1, 0.15) is 64.2 Å². The largest absolute Gasteiger partial charge is 0.468 e. The van der Waals surface area contributed by atoms with Crippen LogP contribution in [0.2, 0.25) is 0 Å². The maximum absolute atomic E-state index is 12.5. The van der Waals surface area contributed by atoms with Crippen LogP contribution in [0.4, 0.5) is 0 Å². The minimum absolute atomic E-state index is 0.0463. The normalized spacial score (nSPS) is 38.3. The lowest BCUT2D eigenvalue weighted by atomic mass is 9.86. The van der Waals surface area contributed by atoms with Crippen molar-refractivity contribution in [3.8, 4) is 0 Å². The highest BCUT2D eigenvalue weighted by molar-refractivity contribution is 6.20. The van der Waals surface area contributed by atoms with Gasteiger partial charge in [0, 0.05) is 43.8 Å². The summed E-state index contributed by atoms with van der Waals surface area (Å²) in [6, 6.07) is 0.863. The van der Waals surface area contributed by atoms with Crippen molar-refractivity contribution in [2.75, 3.05) is 33.4 Å². The van der Waals surface area contributed by atoms with Crippen LogP contribution in [-0.4, -0.2) is 72.7 Å². The van der Waals surface area contributed by atoms with E-state index in [4.69, 9.17) is 16.3 Å². The van der Waals surface area contributed by atoms with Gasteiger partial charge in [-0.1, -0.05) is 19.3 Å². The van der Waals surface area contributed by atoms with E-state index in [-0.39, 0.29) is 12.0 Å². The number of hydrogen-bond acceptors (Lipinski definition) is 5. The minimum Gasteiger partial charge on any atom is -0.468 e. The summed E-state index contributed by atoms with van der Waals surface area (Å²) in [7, 11) is 1.54. The first kappa shape index (κ1) is 20.9. The Morgan fingerprint density at radius 1 is 1.00 bits per heavy atom. The number of hydrogen-bond donors (Lipinski definition) is 1. The lowest BCUT2D eigenvalue weighted by Gasteiger charge is -2.44. The monoisotopic (exact) mass is 411 g/mol. The van der Waals surface area contributed by atoms with Crippen molar-refractivity contribution in [2.45, 2.75) is 87.7 Å². The van der Waals surface area contributed by atoms with Crippen molar-refractivity contribution in [1.29, 1.82) is 0 Å². The Bertz CT molecular complexity index is 520. The maximum Gasteiger partial charge on any atom is 0.323 e. The maximum atomic E-state index is 12.5. The second-order valence-corrected chi connectivity index (χ2v) is 10.3. The van der Waals surface area contributed by atoms with Crippen molar-refractivity contribution in [2.24, 2.45) is 11.8 Å². The van der Waals surface area contributed by atoms with Crippen molar-refractivity contribution in [3.63, 3.8) is 0 Å². The number of piperidine rings is 1. The minimum atomic E-state index is -0.0766. The van der Waals surface area contributed by atoms with Crippen LogP contribution < -0.4 is 5.32 Å². The number of nitrogens with zero attached hydrogens (tertiary/aromatic N) is 2. The molecule has 160 valence electrons. The van der Waals surface area contributed by atoms with E-state index in [1.807, 2.05) is 0 Å². The van der Waals surface area contributed by atoms with Gasteiger partial charge in [0.25, 0.3) is 0 Å². The Balaban J connectivity index is 1.39. The summed E-state index contributed by atoms with van der Waals surface area (Å²) in [5.74, 6) is 1.48. The zero-order valence-electron chi connectivity index (χ0n) is 17.5. The number of ether oxygens (including phenoxy) is 1. The smallest absolute Gasteiger partial charge is 0.323 e. The van der Waals surface area contributed by atoms with Gasteiger partial charge in [-0.25, -0.2) is 0 Å². The van der Waals surface area contributed by atoms with Crippen LogP contribution in [0.5, 0.6) is 0 Å². The van der Waals surface area contributed by atoms with E-state index in [0.717, 1.165) is 38.0 Å². The van der Waals surface area contributed by atoms with Crippen molar-refractivity contribution in [1.82, 2.24) is 15.1 Å². The SMILES string of the molecule is COC(=O)[C@H]1CC2NCN(CC3CCC(Cl)CC3)C2CN1CC1CCCCC1. The van der Waals surface area contributed by atoms with Gasteiger partial charge in [0.15, 0.2) is 0 Å². The second kappa shape index (κ2) is 9.63. The molecule has 2 unspecified atom stereocenters. The molecule has 2 aliphatic carbocycles. The zero-order valence-corrected chi connectivity index (χ0v) is 18.2. The standard InChI is InChI=1S/C22H38ClN3O2/c1-28-22(27)20-11-19-21(14-25(20)12-16-5-3-2-4-6-16)26(15-24-19)13-17-7-9-18(23)10-8-17/h16-21,24H,2-15H2,1H3/t17?,18?,19?,20-,21?/m1/s1. The molecule has 4 aliphatic rings. The van der Waals surface area contributed by atoms with Gasteiger partial charge in [0.2, 0.25) is 0 Å². The summed E-state index contributed by atoms with van der Waals surface area (Å²) < 4.78 is 5.18. The van der Waals surface area contributed by atoms with Gasteiger partial charge in [0.05, 0.1) is 7.11 Å². The molecule has 0 spiro atoms. The molecule has 3 atom stereocenters. The van der Waals surface area contributed by atoms with E-state index < -0.39 is 0 Å². The van der Waals surface area contributed by atoms with E-state index in [0.29, 0.717) is 17.5 Å². The third kappa shape index (κ3) is 4.85. The van der Waals surface area contributed by atoms with Crippen LogP contribution in [0, 0.1) is 11.8 Å². The highest BCUT2D eigenvalue weighted by atomic mass is 35.5. The number of esters is 1. The molecule has 0 bridgehead atoms. The van der Waals surface area contributed by atoms with E-state index in [1.165, 1.54) is 71.4 Å². The van der Waals surface area contributed by atoms with Gasteiger partial charge in [-0.2, -0.15) is 0 Å². The molecule has 5 nitrogen and oxygen atoms in total. The Morgan fingerprint density at radius 2 is 1.68 bits per heavy atom. The molecule has 4 fully saturated rings. The summed E-state index contributed by atoms with van der Waals surface area (Å²) in [6.07, 6.45) is 12.5. The first-order valence-electron chi connectivity index (χ1n) is 11.6. The van der Waals surface area contributed by atoms with Crippen molar-refractivity contribution < 1.29 is 9.53 Å². The average Bonchev–Trinajstić information content (AvgIpc) is 3.11. The predicted molar refractivity (Wildman–Crippen MR) is 112 cm³/mol. The molecule has 2 saturated heterocycles. The summed E-state index contributed by atoms with van der Waals surface area (Å²) in [5.41, 5.74) is 0. The lowest BCUT2D eigenvalue weighted by Crippen LogP contribution is -2.59. The van der Waals surface area contributed by atoms with Crippen LogP contribution in [0.25, 0.3) is 0 Å². The number of alkyl halides is 1. The molecule has 0 aromatic carbocycles. The highest BCUT2D eigenvalue weighted by Crippen LogP contribution is 2.33. The molecule has 28 heavy (non-hydrogen) atoms. The molecule has 2 saturated carbocycles. The molecule has 0 aromatic heterocycles. The third-order valence-electron chi connectivity index (χ3n) is 7.79. The molecular weight excluding hydrogens is 374 g/mol. The summed E-state index contributed by atoms with van der Waals surface area (Å²) in [6.45, 7) is 4.20. The van der Waals surface area contributed by atoms with Crippen LogP contribution in [0.3, 0.4) is 0 Å². The Morgan fingerprint density at radius 3 is 2.39 bits per heavy atom. The molecule has 4 rings (SSSR count). The van der Waals surface area contributed by atoms with Crippen molar-refractivity contribution >= 4 is 17.6 Å². The summed E-state index contributed by atoms with van der Waals surface area (Å²) in [5, 5.41) is 4.10. The first-order chi connectivity index (χ1) is 13.6. The van der Waals surface area contributed by atoms with Gasteiger partial charge < -0.3 is 4.74 Å². The molecule has 2 heterocycles. The second-order valence-electron chi connectivity index (χ2n) is 9.66. The Labute approximate surface area is 175 Å². The Hall–Kier alpha value is -0.360. The molecule has 0 radical (unpaired) electrons. The van der Waals surface area contributed by atoms with E-state index in [2.05, 4.69) is 15.1 Å². The molecule has 0 aromatic rings. The van der Waals surface area contributed by atoms with Gasteiger partial charge in [0.1, 0.15) is 6.04 Å². The lowest BCUT2D eigenvalue weighted by molar-refractivity contribution is -0.149. The van der Waals surface area contributed by atoms with Crippen LogP contribution in [0.15, 0.2) is 0 Å².